The van der Waals surface area contributed by atoms with Gasteiger partial charge in [-0.25, -0.2) is 4.79 Å². The molecule has 2 atom stereocenters. The fraction of sp³-hybridized carbons (Fsp3) is 0.737. The number of ether oxygens (including phenoxy) is 3. The van der Waals surface area contributed by atoms with E-state index in [2.05, 4.69) is 86.8 Å². The molecule has 374 valence electrons. The number of nitrogens with zero attached hydrogens (tertiary/aromatic N) is 1. The Hall–Kier alpha value is -3.23. The van der Waals surface area contributed by atoms with Crippen molar-refractivity contribution in [3.05, 3.63) is 72.9 Å². The van der Waals surface area contributed by atoms with Crippen LogP contribution in [0.5, 0.6) is 0 Å². The van der Waals surface area contributed by atoms with Gasteiger partial charge in [-0.1, -0.05) is 189 Å². The van der Waals surface area contributed by atoms with Crippen molar-refractivity contribution >= 4 is 17.9 Å². The molecule has 0 aromatic carbocycles. The second kappa shape index (κ2) is 47.3. The van der Waals surface area contributed by atoms with Crippen LogP contribution < -0.4 is 0 Å². The molecule has 0 radical (unpaired) electrons. The van der Waals surface area contributed by atoms with Crippen LogP contribution in [0.25, 0.3) is 0 Å². The average molecular weight is 911 g/mol. The molecule has 0 fully saturated rings. The second-order valence-electron chi connectivity index (χ2n) is 18.7. The van der Waals surface area contributed by atoms with Crippen molar-refractivity contribution < 1.29 is 38.2 Å². The van der Waals surface area contributed by atoms with Gasteiger partial charge >= 0.3 is 17.9 Å². The molecule has 0 bridgehead atoms. The van der Waals surface area contributed by atoms with Gasteiger partial charge in [-0.2, -0.15) is 0 Å². The van der Waals surface area contributed by atoms with Crippen LogP contribution in [0.15, 0.2) is 72.9 Å². The van der Waals surface area contributed by atoms with Crippen LogP contribution in [0.4, 0.5) is 0 Å². The van der Waals surface area contributed by atoms with Gasteiger partial charge in [0.1, 0.15) is 6.61 Å². The Morgan fingerprint density at radius 2 is 0.862 bits per heavy atom. The molecule has 8 nitrogen and oxygen atoms in total. The zero-order valence-electron chi connectivity index (χ0n) is 42.7. The second-order valence-corrected chi connectivity index (χ2v) is 18.7. The highest BCUT2D eigenvalue weighted by atomic mass is 16.6. The standard InChI is InChI=1S/C57H99NO7/c1-6-8-10-12-14-16-18-20-22-24-26-27-28-30-32-34-36-38-40-42-44-46-48-56(60)65-53(51-63-50-49-54(57(61)62)58(3,4)5)52-64-55(59)47-45-43-41-39-37-35-33-31-29-25-23-21-19-17-15-13-11-9-7-2/h9,11,14-17,20-23,26-27,53-54H,6-8,10,12-13,18-19,24-25,28-52H2,1-5H3/p+1/b11-9+,16-14+,17-15+,22-20+,23-21+,27-26+. The summed E-state index contributed by atoms with van der Waals surface area (Å²) in [4.78, 5) is 37.2. The maximum atomic E-state index is 12.8. The molecule has 0 aliphatic carbocycles. The number of esters is 2. The Labute approximate surface area is 400 Å². The van der Waals surface area contributed by atoms with Crippen LogP contribution in [0, 0.1) is 0 Å². The molecule has 0 aliphatic rings. The molecule has 0 saturated heterocycles. The number of carboxylic acid groups (broad SMARTS) is 1. The van der Waals surface area contributed by atoms with E-state index < -0.39 is 18.1 Å². The van der Waals surface area contributed by atoms with Gasteiger partial charge in [-0.3, -0.25) is 9.59 Å². The number of aliphatic carboxylic acids is 1. The van der Waals surface area contributed by atoms with Gasteiger partial charge in [-0.15, -0.1) is 0 Å². The molecule has 1 N–H and O–H groups in total. The highest BCUT2D eigenvalue weighted by Crippen LogP contribution is 2.15. The Morgan fingerprint density at radius 1 is 0.477 bits per heavy atom. The summed E-state index contributed by atoms with van der Waals surface area (Å²) in [7, 11) is 5.53. The minimum Gasteiger partial charge on any atom is -0.477 e. The maximum absolute atomic E-state index is 12.8. The molecule has 0 aromatic rings. The van der Waals surface area contributed by atoms with E-state index >= 15 is 0 Å². The lowest BCUT2D eigenvalue weighted by Gasteiger charge is -2.31. The summed E-state index contributed by atoms with van der Waals surface area (Å²) in [5, 5.41) is 9.66. The molecule has 0 spiro atoms. The number of likely N-dealkylation sites (N-methyl/N-ethyl adjacent to an activating group) is 1. The molecule has 0 heterocycles. The number of hydrogen-bond donors (Lipinski definition) is 1. The van der Waals surface area contributed by atoms with E-state index in [1.165, 1.54) is 103 Å². The number of allylic oxidation sites excluding steroid dienone is 12. The molecule has 0 aromatic heterocycles. The predicted octanol–water partition coefficient (Wildman–Crippen LogP) is 15.5. The number of carbonyl (C=O) groups excluding carboxylic acids is 2. The van der Waals surface area contributed by atoms with Crippen molar-refractivity contribution in [3.8, 4) is 0 Å². The zero-order chi connectivity index (χ0) is 47.7. The first-order valence-corrected chi connectivity index (χ1v) is 26.5. The Morgan fingerprint density at radius 3 is 1.28 bits per heavy atom. The van der Waals surface area contributed by atoms with Gasteiger partial charge in [0.25, 0.3) is 0 Å². The van der Waals surface area contributed by atoms with Gasteiger partial charge in [0, 0.05) is 19.3 Å². The number of quaternary nitrogens is 1. The molecule has 65 heavy (non-hydrogen) atoms. The smallest absolute Gasteiger partial charge is 0.362 e. The first-order valence-electron chi connectivity index (χ1n) is 26.5. The van der Waals surface area contributed by atoms with Gasteiger partial charge in [0.2, 0.25) is 0 Å². The van der Waals surface area contributed by atoms with Crippen LogP contribution in [-0.2, 0) is 28.6 Å². The number of hydrogen-bond acceptors (Lipinski definition) is 6. The van der Waals surface area contributed by atoms with Gasteiger partial charge < -0.3 is 23.8 Å². The fourth-order valence-corrected chi connectivity index (χ4v) is 7.53. The average Bonchev–Trinajstić information content (AvgIpc) is 3.27. The quantitative estimate of drug-likeness (QED) is 0.0281. The van der Waals surface area contributed by atoms with Crippen molar-refractivity contribution in [1.82, 2.24) is 0 Å². The summed E-state index contributed by atoms with van der Waals surface area (Å²) in [5.41, 5.74) is 0. The van der Waals surface area contributed by atoms with Crippen LogP contribution in [0.3, 0.4) is 0 Å². The molecule has 0 saturated carbocycles. The predicted molar refractivity (Wildman–Crippen MR) is 275 cm³/mol. The minimum absolute atomic E-state index is 0.0548. The highest BCUT2D eigenvalue weighted by molar-refractivity contribution is 5.72. The van der Waals surface area contributed by atoms with Gasteiger partial charge in [0.15, 0.2) is 12.1 Å². The summed E-state index contributed by atoms with van der Waals surface area (Å²) < 4.78 is 17.4. The summed E-state index contributed by atoms with van der Waals surface area (Å²) in [5.74, 6) is -1.48. The Kier molecular flexibility index (Phi) is 44.9. The minimum atomic E-state index is -0.877. The topological polar surface area (TPSA) is 99.1 Å². The molecular formula is C57H100NO7+. The van der Waals surface area contributed by atoms with E-state index in [4.69, 9.17) is 14.2 Å². The normalized spacial score (nSPS) is 13.4. The third-order valence-electron chi connectivity index (χ3n) is 11.6. The molecule has 8 heteroatoms. The first-order chi connectivity index (χ1) is 31.6. The number of unbranched alkanes of at least 4 members (excludes halogenated alkanes) is 21. The Balaban J connectivity index is 4.25. The lowest BCUT2D eigenvalue weighted by Crippen LogP contribution is -2.50. The number of carbonyl (C=O) groups is 3. The van der Waals surface area contributed by atoms with Gasteiger partial charge in [0.05, 0.1) is 34.4 Å². The van der Waals surface area contributed by atoms with Crippen molar-refractivity contribution in [2.45, 2.75) is 231 Å². The molecule has 0 amide bonds. The Bertz CT molecular complexity index is 1290. The molecule has 2 unspecified atom stereocenters. The van der Waals surface area contributed by atoms with E-state index in [0.29, 0.717) is 19.3 Å². The lowest BCUT2D eigenvalue weighted by atomic mass is 10.1. The van der Waals surface area contributed by atoms with E-state index in [1.54, 1.807) is 0 Å². The maximum Gasteiger partial charge on any atom is 0.362 e. The van der Waals surface area contributed by atoms with Crippen molar-refractivity contribution in [3.63, 3.8) is 0 Å². The fourth-order valence-electron chi connectivity index (χ4n) is 7.53. The van der Waals surface area contributed by atoms with Crippen LogP contribution >= 0.6 is 0 Å². The third kappa shape index (κ3) is 45.7. The third-order valence-corrected chi connectivity index (χ3v) is 11.6. The summed E-state index contributed by atoms with van der Waals surface area (Å²) in [6.07, 6.45) is 60.9. The van der Waals surface area contributed by atoms with E-state index in [-0.39, 0.29) is 36.2 Å². The summed E-state index contributed by atoms with van der Waals surface area (Å²) in [6, 6.07) is -0.620. The van der Waals surface area contributed by atoms with Gasteiger partial charge in [-0.05, 0) is 83.5 Å². The van der Waals surface area contributed by atoms with Crippen molar-refractivity contribution in [2.24, 2.45) is 0 Å². The van der Waals surface area contributed by atoms with Crippen LogP contribution in [0.2, 0.25) is 0 Å². The lowest BCUT2D eigenvalue weighted by molar-refractivity contribution is -0.887. The largest absolute Gasteiger partial charge is 0.477 e. The van der Waals surface area contributed by atoms with Crippen LogP contribution in [-0.4, -0.2) is 80.6 Å². The monoisotopic (exact) mass is 911 g/mol. The summed E-state index contributed by atoms with van der Waals surface area (Å²) in [6.45, 7) is 4.60. The summed E-state index contributed by atoms with van der Waals surface area (Å²) >= 11 is 0. The SMILES string of the molecule is CC/C=C/C/C=C/C/C=C/CCCCCCCCCCCC(=O)OCC(COCCC(C(=O)O)[N+](C)(C)C)OC(=O)CCCCCCCCCCC/C=C/C/C=C/C/C=C/CCCCC. The highest BCUT2D eigenvalue weighted by Gasteiger charge is 2.31. The van der Waals surface area contributed by atoms with Crippen LogP contribution in [0.1, 0.15) is 219 Å². The number of rotatable bonds is 47. The molecule has 0 aliphatic heterocycles. The van der Waals surface area contributed by atoms with E-state index in [9.17, 15) is 19.5 Å². The molecule has 0 rings (SSSR count). The van der Waals surface area contributed by atoms with Crippen molar-refractivity contribution in [2.75, 3.05) is 41.0 Å². The first kappa shape index (κ1) is 61.8. The zero-order valence-corrected chi connectivity index (χ0v) is 42.7. The van der Waals surface area contributed by atoms with E-state index in [0.717, 1.165) is 83.5 Å². The number of carboxylic acids is 1. The van der Waals surface area contributed by atoms with E-state index in [1.807, 2.05) is 21.1 Å². The van der Waals surface area contributed by atoms with Crippen molar-refractivity contribution in [1.29, 1.82) is 0 Å². The molecular weight excluding hydrogens is 811 g/mol.